The highest BCUT2D eigenvalue weighted by Crippen LogP contribution is 2.25. The van der Waals surface area contributed by atoms with E-state index in [1.54, 1.807) is 29.2 Å². The van der Waals surface area contributed by atoms with E-state index in [-0.39, 0.29) is 21.4 Å². The zero-order valence-electron chi connectivity index (χ0n) is 16.0. The van der Waals surface area contributed by atoms with Crippen LogP contribution < -0.4 is 0 Å². The van der Waals surface area contributed by atoms with Crippen LogP contribution in [0.25, 0.3) is 0 Å². The van der Waals surface area contributed by atoms with E-state index in [2.05, 4.69) is 6.07 Å². The summed E-state index contributed by atoms with van der Waals surface area (Å²) in [5, 5.41) is 8.98. The third kappa shape index (κ3) is 4.90. The summed E-state index contributed by atoms with van der Waals surface area (Å²) < 4.78 is 26.0. The molecule has 8 heteroatoms. The van der Waals surface area contributed by atoms with Gasteiger partial charge in [0, 0.05) is 32.7 Å². The minimum atomic E-state index is -3.77. The van der Waals surface area contributed by atoms with E-state index in [0.717, 1.165) is 16.3 Å². The Bertz CT molecular complexity index is 996. The van der Waals surface area contributed by atoms with E-state index in [1.807, 2.05) is 6.92 Å². The van der Waals surface area contributed by atoms with Crippen LogP contribution in [0.15, 0.2) is 47.4 Å². The van der Waals surface area contributed by atoms with Gasteiger partial charge in [-0.15, -0.1) is 0 Å². The van der Waals surface area contributed by atoms with Gasteiger partial charge in [-0.2, -0.15) is 5.26 Å². The summed E-state index contributed by atoms with van der Waals surface area (Å²) in [6.45, 7) is 2.83. The molecule has 0 radical (unpaired) electrons. The van der Waals surface area contributed by atoms with E-state index in [4.69, 9.17) is 16.9 Å². The van der Waals surface area contributed by atoms with Gasteiger partial charge in [0.2, 0.25) is 10.0 Å². The molecule has 1 amide bonds. The Morgan fingerprint density at radius 3 is 2.32 bits per heavy atom. The summed E-state index contributed by atoms with van der Waals surface area (Å²) in [5.41, 5.74) is 1.69. The Labute approximate surface area is 171 Å². The van der Waals surface area contributed by atoms with Crippen molar-refractivity contribution in [1.29, 1.82) is 5.26 Å². The molecule has 2 aromatic rings. The van der Waals surface area contributed by atoms with E-state index in [0.29, 0.717) is 18.7 Å². The first-order valence-electron chi connectivity index (χ1n) is 8.71. The van der Waals surface area contributed by atoms with Crippen molar-refractivity contribution in [3.05, 3.63) is 64.2 Å². The summed E-state index contributed by atoms with van der Waals surface area (Å²) in [7, 11) is -0.946. The second kappa shape index (κ2) is 9.20. The molecule has 2 rings (SSSR count). The van der Waals surface area contributed by atoms with Gasteiger partial charge < -0.3 is 4.90 Å². The maximum atomic E-state index is 13.0. The molecule has 0 atom stereocenters. The van der Waals surface area contributed by atoms with Crippen LogP contribution in [0.5, 0.6) is 0 Å². The highest BCUT2D eigenvalue weighted by molar-refractivity contribution is 7.89. The zero-order chi connectivity index (χ0) is 20.9. The molecule has 0 spiro atoms. The highest BCUT2D eigenvalue weighted by atomic mass is 35.5. The summed E-state index contributed by atoms with van der Waals surface area (Å²) >= 11 is 6.07. The van der Waals surface area contributed by atoms with Crippen molar-refractivity contribution in [2.45, 2.75) is 24.8 Å². The van der Waals surface area contributed by atoms with E-state index < -0.39 is 10.0 Å². The van der Waals surface area contributed by atoms with Gasteiger partial charge >= 0.3 is 0 Å². The zero-order valence-corrected chi connectivity index (χ0v) is 17.6. The molecule has 0 fully saturated rings. The van der Waals surface area contributed by atoms with Crippen molar-refractivity contribution in [3.8, 4) is 6.07 Å². The van der Waals surface area contributed by atoms with Crippen LogP contribution in [0.2, 0.25) is 5.02 Å². The van der Waals surface area contributed by atoms with Gasteiger partial charge in [-0.1, -0.05) is 30.7 Å². The van der Waals surface area contributed by atoms with Gasteiger partial charge in [0.15, 0.2) is 0 Å². The van der Waals surface area contributed by atoms with Gasteiger partial charge in [0.05, 0.1) is 16.7 Å². The minimum absolute atomic E-state index is 0.0689. The van der Waals surface area contributed by atoms with Crippen LogP contribution in [0.3, 0.4) is 0 Å². The number of amides is 1. The van der Waals surface area contributed by atoms with Crippen molar-refractivity contribution in [2.75, 3.05) is 20.6 Å². The Balaban J connectivity index is 2.36. The number of benzene rings is 2. The number of halogens is 1. The second-order valence-electron chi connectivity index (χ2n) is 6.47. The van der Waals surface area contributed by atoms with Crippen molar-refractivity contribution in [2.24, 2.45) is 0 Å². The van der Waals surface area contributed by atoms with Crippen LogP contribution in [0, 0.1) is 11.3 Å². The molecule has 6 nitrogen and oxygen atoms in total. The molecule has 0 saturated carbocycles. The third-order valence-electron chi connectivity index (χ3n) is 4.17. The first-order chi connectivity index (χ1) is 13.2. The van der Waals surface area contributed by atoms with Gasteiger partial charge in [0.1, 0.15) is 4.90 Å². The quantitative estimate of drug-likeness (QED) is 0.687. The number of carbonyl (C=O) groups excluding carboxylic acids is 1. The molecular weight excluding hydrogens is 398 g/mol. The summed E-state index contributed by atoms with van der Waals surface area (Å²) in [6, 6.07) is 13.4. The number of hydrogen-bond acceptors (Lipinski definition) is 4. The molecule has 0 aliphatic carbocycles. The largest absolute Gasteiger partial charge is 0.334 e. The molecule has 2 aromatic carbocycles. The summed E-state index contributed by atoms with van der Waals surface area (Å²) in [5.74, 6) is -0.280. The van der Waals surface area contributed by atoms with Gasteiger partial charge in [-0.3, -0.25) is 4.79 Å². The van der Waals surface area contributed by atoms with Crippen LogP contribution in [0.4, 0.5) is 0 Å². The van der Waals surface area contributed by atoms with E-state index >= 15 is 0 Å². The molecule has 148 valence electrons. The van der Waals surface area contributed by atoms with E-state index in [9.17, 15) is 13.2 Å². The number of rotatable bonds is 7. The average Bonchev–Trinajstić information content (AvgIpc) is 2.67. The van der Waals surface area contributed by atoms with Crippen LogP contribution in [0.1, 0.15) is 34.8 Å². The summed E-state index contributed by atoms with van der Waals surface area (Å²) in [4.78, 5) is 14.6. The van der Waals surface area contributed by atoms with Crippen molar-refractivity contribution in [3.63, 3.8) is 0 Å². The van der Waals surface area contributed by atoms with Gasteiger partial charge in [-0.05, 0) is 42.3 Å². The number of hydrogen-bond donors (Lipinski definition) is 0. The van der Waals surface area contributed by atoms with Gasteiger partial charge in [0.25, 0.3) is 5.91 Å². The monoisotopic (exact) mass is 419 g/mol. The SMILES string of the molecule is CCCN(Cc1ccc(C#N)cc1)C(=O)c1ccc(Cl)c(S(=O)(=O)N(C)C)c1. The predicted molar refractivity (Wildman–Crippen MR) is 109 cm³/mol. The Hall–Kier alpha value is -2.40. The maximum absolute atomic E-state index is 13.0. The lowest BCUT2D eigenvalue weighted by atomic mass is 10.1. The van der Waals surface area contributed by atoms with Crippen LogP contribution in [-0.4, -0.2) is 44.2 Å². The lowest BCUT2D eigenvalue weighted by molar-refractivity contribution is 0.0743. The number of sulfonamides is 1. The fourth-order valence-corrected chi connectivity index (χ4v) is 4.03. The number of carbonyl (C=O) groups is 1. The Morgan fingerprint density at radius 1 is 1.14 bits per heavy atom. The van der Waals surface area contributed by atoms with Crippen molar-refractivity contribution >= 4 is 27.5 Å². The standard InChI is InChI=1S/C20H22ClN3O3S/c1-4-11-24(14-16-7-5-15(13-22)6-8-16)20(25)17-9-10-18(21)19(12-17)28(26,27)23(2)3/h5-10,12H,4,11,14H2,1-3H3. The van der Waals surface area contributed by atoms with Crippen molar-refractivity contribution < 1.29 is 13.2 Å². The first-order valence-corrected chi connectivity index (χ1v) is 10.5. The fourth-order valence-electron chi connectivity index (χ4n) is 2.64. The smallest absolute Gasteiger partial charge is 0.254 e. The molecule has 0 N–H and O–H groups in total. The Kier molecular flexibility index (Phi) is 7.19. The topological polar surface area (TPSA) is 81.5 Å². The molecule has 0 heterocycles. The molecule has 0 aromatic heterocycles. The normalized spacial score (nSPS) is 11.3. The molecule has 28 heavy (non-hydrogen) atoms. The van der Waals surface area contributed by atoms with Crippen molar-refractivity contribution in [1.82, 2.24) is 9.21 Å². The minimum Gasteiger partial charge on any atom is -0.334 e. The molecule has 0 aliphatic rings. The molecule has 0 saturated heterocycles. The maximum Gasteiger partial charge on any atom is 0.254 e. The molecular formula is C20H22ClN3O3S. The highest BCUT2D eigenvalue weighted by Gasteiger charge is 2.24. The molecule has 0 unspecified atom stereocenters. The van der Waals surface area contributed by atoms with E-state index in [1.165, 1.54) is 32.3 Å². The lowest BCUT2D eigenvalue weighted by Gasteiger charge is -2.23. The third-order valence-corrected chi connectivity index (χ3v) is 6.47. The molecule has 0 bridgehead atoms. The second-order valence-corrected chi connectivity index (χ2v) is 9.00. The molecule has 0 aliphatic heterocycles. The fraction of sp³-hybridized carbons (Fsp3) is 0.300. The number of nitrogens with zero attached hydrogens (tertiary/aromatic N) is 3. The number of nitriles is 1. The predicted octanol–water partition coefficient (Wildman–Crippen LogP) is 3.51. The van der Waals surface area contributed by atoms with Gasteiger partial charge in [-0.25, -0.2) is 12.7 Å². The Morgan fingerprint density at radius 2 is 1.79 bits per heavy atom. The first kappa shape index (κ1) is 21.9. The van der Waals surface area contributed by atoms with Crippen LogP contribution in [-0.2, 0) is 16.6 Å². The average molecular weight is 420 g/mol. The lowest BCUT2D eigenvalue weighted by Crippen LogP contribution is -2.31. The van der Waals surface area contributed by atoms with Crippen LogP contribution >= 0.6 is 11.6 Å². The summed E-state index contributed by atoms with van der Waals surface area (Å²) in [6.07, 6.45) is 0.748.